The maximum atomic E-state index is 9.12. The Morgan fingerprint density at radius 1 is 1.24 bits per heavy atom. The van der Waals surface area contributed by atoms with Gasteiger partial charge in [0.25, 0.3) is 0 Å². The second-order valence-electron chi connectivity index (χ2n) is 4.97. The van der Waals surface area contributed by atoms with E-state index >= 15 is 0 Å². The van der Waals surface area contributed by atoms with E-state index in [1.54, 1.807) is 6.07 Å². The van der Waals surface area contributed by atoms with Gasteiger partial charge in [-0.2, -0.15) is 5.26 Å². The minimum absolute atomic E-state index is 0.156. The van der Waals surface area contributed by atoms with Crippen LogP contribution in [0.15, 0.2) is 46.9 Å². The predicted octanol–water partition coefficient (Wildman–Crippen LogP) is 4.72. The van der Waals surface area contributed by atoms with E-state index in [0.29, 0.717) is 12.1 Å². The fourth-order valence-electron chi connectivity index (χ4n) is 1.96. The van der Waals surface area contributed by atoms with Crippen molar-refractivity contribution in [1.82, 2.24) is 0 Å². The summed E-state index contributed by atoms with van der Waals surface area (Å²) in [5.41, 5.74) is 2.56. The number of halogens is 1. The van der Waals surface area contributed by atoms with Crippen molar-refractivity contribution in [3.8, 4) is 11.8 Å². The summed E-state index contributed by atoms with van der Waals surface area (Å²) in [6, 6.07) is 15.7. The Labute approximate surface area is 133 Å². The van der Waals surface area contributed by atoms with Crippen LogP contribution >= 0.6 is 15.9 Å². The summed E-state index contributed by atoms with van der Waals surface area (Å²) in [6.45, 7) is 4.65. The van der Waals surface area contributed by atoms with Crippen LogP contribution in [-0.4, -0.2) is 6.10 Å². The van der Waals surface area contributed by atoms with Crippen molar-refractivity contribution in [2.45, 2.75) is 26.5 Å². The number of hydrogen-bond acceptors (Lipinski definition) is 3. The number of nitrogens with one attached hydrogen (secondary N) is 1. The lowest BCUT2D eigenvalue weighted by Crippen LogP contribution is -2.06. The Bertz CT molecular complexity index is 662. The van der Waals surface area contributed by atoms with Gasteiger partial charge in [0.1, 0.15) is 11.8 Å². The number of nitriles is 1. The van der Waals surface area contributed by atoms with Crippen LogP contribution in [0.4, 0.5) is 5.69 Å². The Balaban J connectivity index is 2.10. The van der Waals surface area contributed by atoms with E-state index in [9.17, 15) is 0 Å². The summed E-state index contributed by atoms with van der Waals surface area (Å²) in [6.07, 6.45) is 0.156. The molecule has 0 spiro atoms. The first-order chi connectivity index (χ1) is 10.1. The van der Waals surface area contributed by atoms with Crippen LogP contribution in [0.5, 0.6) is 5.75 Å². The van der Waals surface area contributed by atoms with Crippen LogP contribution in [0.25, 0.3) is 0 Å². The molecule has 21 heavy (non-hydrogen) atoms. The first kappa shape index (κ1) is 15.4. The molecule has 0 atom stereocenters. The zero-order valence-electron chi connectivity index (χ0n) is 12.1. The quantitative estimate of drug-likeness (QED) is 0.853. The van der Waals surface area contributed by atoms with Crippen molar-refractivity contribution in [3.05, 3.63) is 58.1 Å². The van der Waals surface area contributed by atoms with E-state index in [2.05, 4.69) is 27.3 Å². The molecule has 0 aliphatic heterocycles. The summed E-state index contributed by atoms with van der Waals surface area (Å²) in [7, 11) is 0. The van der Waals surface area contributed by atoms with Gasteiger partial charge in [-0.25, -0.2) is 0 Å². The molecule has 0 amide bonds. The third kappa shape index (κ3) is 4.51. The predicted molar refractivity (Wildman–Crippen MR) is 88.4 cm³/mol. The molecule has 0 aliphatic carbocycles. The zero-order chi connectivity index (χ0) is 15.2. The molecule has 0 heterocycles. The van der Waals surface area contributed by atoms with Gasteiger partial charge in [-0.15, -0.1) is 0 Å². The zero-order valence-corrected chi connectivity index (χ0v) is 13.6. The van der Waals surface area contributed by atoms with Crippen molar-refractivity contribution >= 4 is 21.6 Å². The molecule has 0 unspecified atom stereocenters. The highest BCUT2D eigenvalue weighted by Gasteiger charge is 2.04. The van der Waals surface area contributed by atoms with Gasteiger partial charge in [0.2, 0.25) is 0 Å². The third-order valence-corrected chi connectivity index (χ3v) is 3.35. The minimum atomic E-state index is 0.156. The number of benzene rings is 2. The van der Waals surface area contributed by atoms with E-state index in [4.69, 9.17) is 10.00 Å². The molecule has 108 valence electrons. The molecule has 0 saturated heterocycles. The number of anilines is 1. The highest BCUT2D eigenvalue weighted by molar-refractivity contribution is 9.10. The van der Waals surface area contributed by atoms with E-state index in [-0.39, 0.29) is 6.10 Å². The summed E-state index contributed by atoms with van der Waals surface area (Å²) in [5.74, 6) is 0.860. The number of rotatable bonds is 5. The summed E-state index contributed by atoms with van der Waals surface area (Å²) in [5, 5.41) is 12.4. The number of hydrogen-bond donors (Lipinski definition) is 1. The summed E-state index contributed by atoms with van der Waals surface area (Å²) < 4.78 is 6.63. The summed E-state index contributed by atoms with van der Waals surface area (Å²) in [4.78, 5) is 0. The molecule has 0 radical (unpaired) electrons. The first-order valence-corrected chi connectivity index (χ1v) is 7.57. The molecule has 0 saturated carbocycles. The normalized spacial score (nSPS) is 10.2. The maximum Gasteiger partial charge on any atom is 0.120 e. The molecule has 0 fully saturated rings. The molecule has 4 heteroatoms. The summed E-state index contributed by atoms with van der Waals surface area (Å²) >= 11 is 3.42. The van der Waals surface area contributed by atoms with Crippen LogP contribution in [0.2, 0.25) is 0 Å². The second-order valence-corrected chi connectivity index (χ2v) is 5.88. The van der Waals surface area contributed by atoms with Crippen molar-refractivity contribution in [2.24, 2.45) is 0 Å². The first-order valence-electron chi connectivity index (χ1n) is 6.77. The largest absolute Gasteiger partial charge is 0.491 e. The maximum absolute atomic E-state index is 9.12. The van der Waals surface area contributed by atoms with Crippen LogP contribution in [0.3, 0.4) is 0 Å². The number of ether oxygens (including phenoxy) is 1. The van der Waals surface area contributed by atoms with Crippen LogP contribution in [0, 0.1) is 11.3 Å². The van der Waals surface area contributed by atoms with Crippen LogP contribution < -0.4 is 10.1 Å². The molecule has 2 aromatic carbocycles. The second kappa shape index (κ2) is 7.14. The average Bonchev–Trinajstić information content (AvgIpc) is 2.45. The van der Waals surface area contributed by atoms with E-state index in [1.165, 1.54) is 0 Å². The molecule has 0 aromatic heterocycles. The van der Waals surface area contributed by atoms with Gasteiger partial charge >= 0.3 is 0 Å². The highest BCUT2D eigenvalue weighted by atomic mass is 79.9. The van der Waals surface area contributed by atoms with E-state index in [0.717, 1.165) is 21.5 Å². The van der Waals surface area contributed by atoms with Crippen LogP contribution in [-0.2, 0) is 6.54 Å². The van der Waals surface area contributed by atoms with Gasteiger partial charge in [-0.1, -0.05) is 28.1 Å². The van der Waals surface area contributed by atoms with Gasteiger partial charge < -0.3 is 10.1 Å². The van der Waals surface area contributed by atoms with Gasteiger partial charge in [-0.05, 0) is 49.7 Å². The molecule has 2 rings (SSSR count). The van der Waals surface area contributed by atoms with Crippen molar-refractivity contribution in [1.29, 1.82) is 5.26 Å². The monoisotopic (exact) mass is 344 g/mol. The van der Waals surface area contributed by atoms with Gasteiger partial charge in [0.15, 0.2) is 0 Å². The fraction of sp³-hybridized carbons (Fsp3) is 0.235. The van der Waals surface area contributed by atoms with E-state index < -0.39 is 0 Å². The average molecular weight is 345 g/mol. The molecular formula is C17H17BrN2O. The van der Waals surface area contributed by atoms with E-state index in [1.807, 2.05) is 50.2 Å². The standard InChI is InChI=1S/C17H17BrN2O/c1-12(2)21-16-5-3-4-13(8-16)11-20-17-9-15(18)7-6-14(17)10-19/h3-9,12,20H,11H2,1-2H3. The lowest BCUT2D eigenvalue weighted by atomic mass is 10.1. The molecular weight excluding hydrogens is 328 g/mol. The fourth-order valence-corrected chi connectivity index (χ4v) is 2.32. The Kier molecular flexibility index (Phi) is 5.24. The highest BCUT2D eigenvalue weighted by Crippen LogP contribution is 2.22. The molecule has 2 aromatic rings. The van der Waals surface area contributed by atoms with Gasteiger partial charge in [0, 0.05) is 11.0 Å². The Hall–Kier alpha value is -1.99. The van der Waals surface area contributed by atoms with Gasteiger partial charge in [-0.3, -0.25) is 0 Å². The smallest absolute Gasteiger partial charge is 0.120 e. The molecule has 0 bridgehead atoms. The number of nitrogens with zero attached hydrogens (tertiary/aromatic N) is 1. The molecule has 1 N–H and O–H groups in total. The molecule has 3 nitrogen and oxygen atoms in total. The lowest BCUT2D eigenvalue weighted by molar-refractivity contribution is 0.242. The van der Waals surface area contributed by atoms with Crippen molar-refractivity contribution in [3.63, 3.8) is 0 Å². The third-order valence-electron chi connectivity index (χ3n) is 2.86. The Morgan fingerprint density at radius 3 is 2.76 bits per heavy atom. The topological polar surface area (TPSA) is 45.0 Å². The minimum Gasteiger partial charge on any atom is -0.491 e. The Morgan fingerprint density at radius 2 is 2.05 bits per heavy atom. The lowest BCUT2D eigenvalue weighted by Gasteiger charge is -2.12. The van der Waals surface area contributed by atoms with Gasteiger partial charge in [0.05, 0.1) is 17.4 Å². The van der Waals surface area contributed by atoms with Crippen LogP contribution in [0.1, 0.15) is 25.0 Å². The molecule has 0 aliphatic rings. The SMILES string of the molecule is CC(C)Oc1cccc(CNc2cc(Br)ccc2C#N)c1. The van der Waals surface area contributed by atoms with Crippen molar-refractivity contribution in [2.75, 3.05) is 5.32 Å². The van der Waals surface area contributed by atoms with Crippen molar-refractivity contribution < 1.29 is 4.74 Å².